The Morgan fingerprint density at radius 2 is 1.85 bits per heavy atom. The molecule has 0 saturated heterocycles. The lowest BCUT2D eigenvalue weighted by molar-refractivity contribution is 0.194. The van der Waals surface area contributed by atoms with E-state index in [1.165, 1.54) is 33.8 Å². The fourth-order valence-electron chi connectivity index (χ4n) is 5.27. The predicted molar refractivity (Wildman–Crippen MR) is 141 cm³/mol. The number of aromatic nitrogens is 1. The average Bonchev–Trinajstić information content (AvgIpc) is 3.46. The van der Waals surface area contributed by atoms with Crippen LogP contribution in [0.15, 0.2) is 77.8 Å². The van der Waals surface area contributed by atoms with Gasteiger partial charge in [-0.2, -0.15) is 0 Å². The summed E-state index contributed by atoms with van der Waals surface area (Å²) >= 11 is 3.60. The molecule has 2 aliphatic rings. The van der Waals surface area contributed by atoms with E-state index in [9.17, 15) is 4.79 Å². The molecule has 1 atom stereocenters. The van der Waals surface area contributed by atoms with Gasteiger partial charge in [-0.15, -0.1) is 23.1 Å². The Labute approximate surface area is 208 Å². The molecule has 3 heterocycles. The summed E-state index contributed by atoms with van der Waals surface area (Å²) in [4.78, 5) is 18.6. The third kappa shape index (κ3) is 3.75. The number of rotatable bonds is 3. The Morgan fingerprint density at radius 3 is 2.71 bits per heavy atom. The van der Waals surface area contributed by atoms with Crippen LogP contribution in [-0.4, -0.2) is 21.8 Å². The van der Waals surface area contributed by atoms with Crippen molar-refractivity contribution in [3.8, 4) is 5.00 Å². The number of aryl methyl sites for hydroxylation is 1. The molecule has 1 aliphatic carbocycles. The molecule has 0 spiro atoms. The summed E-state index contributed by atoms with van der Waals surface area (Å²) in [5.74, 6) is 0. The van der Waals surface area contributed by atoms with Crippen LogP contribution in [0.2, 0.25) is 0 Å². The second-order valence-electron chi connectivity index (χ2n) is 8.90. The Bertz CT molecular complexity index is 1340. The van der Waals surface area contributed by atoms with Crippen LogP contribution >= 0.6 is 23.1 Å². The maximum atomic E-state index is 13.9. The van der Waals surface area contributed by atoms with Crippen molar-refractivity contribution in [1.29, 1.82) is 0 Å². The van der Waals surface area contributed by atoms with Gasteiger partial charge in [-0.25, -0.2) is 4.79 Å². The van der Waals surface area contributed by atoms with Crippen LogP contribution in [0.25, 0.3) is 5.00 Å². The van der Waals surface area contributed by atoms with Crippen LogP contribution in [0.3, 0.4) is 0 Å². The molecule has 172 valence electrons. The minimum absolute atomic E-state index is 0.0662. The van der Waals surface area contributed by atoms with Gasteiger partial charge in [-0.05, 0) is 73.4 Å². The standard InChI is InChI=1S/C28H27N3OS2/c1-33-21-12-7-11-20(17-21)29-28(32)31-18-23-22-13-5-6-15-25(22)34-27(23)30-16-8-14-24(30)26(31)19-9-3-2-4-10-19/h2-4,7-12,14,16-17,26H,5-6,13,15,18H2,1H3,(H,29,32)/t26-/m0/s1. The molecule has 0 bridgehead atoms. The molecule has 4 aromatic rings. The molecule has 0 fully saturated rings. The van der Waals surface area contributed by atoms with Crippen LogP contribution in [0.5, 0.6) is 0 Å². The fourth-order valence-corrected chi connectivity index (χ4v) is 7.13. The highest BCUT2D eigenvalue weighted by molar-refractivity contribution is 7.98. The van der Waals surface area contributed by atoms with E-state index in [1.807, 2.05) is 40.5 Å². The first-order chi connectivity index (χ1) is 16.7. The second kappa shape index (κ2) is 9.01. The fraction of sp³-hybridized carbons (Fsp3) is 0.250. The van der Waals surface area contributed by atoms with Gasteiger partial charge >= 0.3 is 6.03 Å². The Morgan fingerprint density at radius 1 is 1.00 bits per heavy atom. The van der Waals surface area contributed by atoms with Gasteiger partial charge in [-0.1, -0.05) is 36.4 Å². The van der Waals surface area contributed by atoms with E-state index in [0.29, 0.717) is 6.54 Å². The first kappa shape index (κ1) is 21.6. The molecule has 6 heteroatoms. The molecule has 34 heavy (non-hydrogen) atoms. The van der Waals surface area contributed by atoms with Crippen molar-refractivity contribution in [1.82, 2.24) is 9.47 Å². The van der Waals surface area contributed by atoms with E-state index < -0.39 is 0 Å². The van der Waals surface area contributed by atoms with Crippen molar-refractivity contribution < 1.29 is 4.79 Å². The monoisotopic (exact) mass is 485 g/mol. The second-order valence-corrected chi connectivity index (χ2v) is 10.9. The zero-order valence-electron chi connectivity index (χ0n) is 19.2. The van der Waals surface area contributed by atoms with Gasteiger partial charge in [0, 0.05) is 27.2 Å². The number of benzene rings is 2. The number of nitrogens with one attached hydrogen (secondary N) is 1. The van der Waals surface area contributed by atoms with Crippen molar-refractivity contribution in [2.24, 2.45) is 0 Å². The molecule has 6 rings (SSSR count). The lowest BCUT2D eigenvalue weighted by Gasteiger charge is -2.31. The van der Waals surface area contributed by atoms with Crippen molar-refractivity contribution in [2.75, 3.05) is 11.6 Å². The van der Waals surface area contributed by atoms with E-state index in [-0.39, 0.29) is 12.1 Å². The smallest absolute Gasteiger partial charge is 0.310 e. The van der Waals surface area contributed by atoms with Gasteiger partial charge in [0.05, 0.1) is 18.3 Å². The average molecular weight is 486 g/mol. The third-order valence-corrected chi connectivity index (χ3v) is 8.93. The zero-order valence-corrected chi connectivity index (χ0v) is 20.8. The van der Waals surface area contributed by atoms with Crippen molar-refractivity contribution in [2.45, 2.75) is 43.2 Å². The molecule has 0 saturated carbocycles. The minimum atomic E-state index is -0.168. The number of hydrogen-bond donors (Lipinski definition) is 1. The Hall–Kier alpha value is -2.96. The van der Waals surface area contributed by atoms with E-state index >= 15 is 0 Å². The van der Waals surface area contributed by atoms with Gasteiger partial charge in [0.15, 0.2) is 0 Å². The zero-order chi connectivity index (χ0) is 23.1. The van der Waals surface area contributed by atoms with Crippen LogP contribution in [-0.2, 0) is 19.4 Å². The van der Waals surface area contributed by atoms with E-state index in [2.05, 4.69) is 64.8 Å². The Balaban J connectivity index is 1.48. The van der Waals surface area contributed by atoms with Gasteiger partial charge in [0.1, 0.15) is 5.00 Å². The molecule has 1 aliphatic heterocycles. The van der Waals surface area contributed by atoms with Crippen molar-refractivity contribution in [3.63, 3.8) is 0 Å². The normalized spacial score (nSPS) is 16.9. The van der Waals surface area contributed by atoms with Crippen LogP contribution in [0.1, 0.15) is 46.1 Å². The summed E-state index contributed by atoms with van der Waals surface area (Å²) in [6.07, 6.45) is 8.96. The number of carbonyl (C=O) groups is 1. The first-order valence-corrected chi connectivity index (χ1v) is 13.8. The molecule has 0 unspecified atom stereocenters. The van der Waals surface area contributed by atoms with E-state index in [0.717, 1.165) is 34.7 Å². The summed E-state index contributed by atoms with van der Waals surface area (Å²) in [6, 6.07) is 22.5. The summed E-state index contributed by atoms with van der Waals surface area (Å²) < 4.78 is 2.33. The molecule has 2 aromatic heterocycles. The number of nitrogens with zero attached hydrogens (tertiary/aromatic N) is 2. The van der Waals surface area contributed by atoms with Crippen LogP contribution in [0, 0.1) is 0 Å². The number of thiophene rings is 1. The Kier molecular flexibility index (Phi) is 5.71. The summed E-state index contributed by atoms with van der Waals surface area (Å²) in [5, 5.41) is 4.49. The number of anilines is 1. The number of urea groups is 1. The number of carbonyl (C=O) groups excluding carboxylic acids is 1. The lowest BCUT2D eigenvalue weighted by Crippen LogP contribution is -2.38. The quantitative estimate of drug-likeness (QED) is 0.310. The highest BCUT2D eigenvalue weighted by Crippen LogP contribution is 2.44. The van der Waals surface area contributed by atoms with E-state index in [4.69, 9.17) is 0 Å². The maximum Gasteiger partial charge on any atom is 0.322 e. The van der Waals surface area contributed by atoms with Crippen molar-refractivity contribution >= 4 is 34.8 Å². The SMILES string of the molecule is CSc1cccc(NC(=O)N2Cc3c(sc4c3CCCC4)-n3cccc3[C@@H]2c2ccccc2)c1. The minimum Gasteiger partial charge on any atom is -0.310 e. The topological polar surface area (TPSA) is 37.3 Å². The largest absolute Gasteiger partial charge is 0.322 e. The van der Waals surface area contributed by atoms with E-state index in [1.54, 1.807) is 11.8 Å². The number of thioether (sulfide) groups is 1. The van der Waals surface area contributed by atoms with Crippen LogP contribution < -0.4 is 5.32 Å². The number of fused-ring (bicyclic) bond motifs is 5. The molecule has 4 nitrogen and oxygen atoms in total. The molecular weight excluding hydrogens is 458 g/mol. The summed E-state index contributed by atoms with van der Waals surface area (Å²) in [7, 11) is 0. The van der Waals surface area contributed by atoms with Gasteiger partial charge in [0.25, 0.3) is 0 Å². The predicted octanol–water partition coefficient (Wildman–Crippen LogP) is 7.28. The summed E-state index contributed by atoms with van der Waals surface area (Å²) in [5.41, 5.74) is 5.89. The highest BCUT2D eigenvalue weighted by Gasteiger charge is 2.36. The number of hydrogen-bond acceptors (Lipinski definition) is 3. The molecule has 0 radical (unpaired) electrons. The molecular formula is C28H27N3OS2. The van der Waals surface area contributed by atoms with Crippen molar-refractivity contribution in [3.05, 3.63) is 100 Å². The van der Waals surface area contributed by atoms with Crippen LogP contribution in [0.4, 0.5) is 10.5 Å². The summed E-state index contributed by atoms with van der Waals surface area (Å²) in [6.45, 7) is 0.608. The first-order valence-electron chi connectivity index (χ1n) is 11.8. The van der Waals surface area contributed by atoms with Gasteiger partial charge < -0.3 is 14.8 Å². The third-order valence-electron chi connectivity index (χ3n) is 6.88. The maximum absolute atomic E-state index is 13.9. The molecule has 2 amide bonds. The molecule has 1 N–H and O–H groups in total. The molecule has 2 aromatic carbocycles. The van der Waals surface area contributed by atoms with Gasteiger partial charge in [0.2, 0.25) is 0 Å². The highest BCUT2D eigenvalue weighted by atomic mass is 32.2. The lowest BCUT2D eigenvalue weighted by atomic mass is 9.95. The number of amides is 2. The van der Waals surface area contributed by atoms with Gasteiger partial charge in [-0.3, -0.25) is 0 Å².